The monoisotopic (exact) mass is 293 g/mol. The number of carbonyl (C=O) groups is 1. The van der Waals surface area contributed by atoms with E-state index in [-0.39, 0.29) is 5.78 Å². The van der Waals surface area contributed by atoms with Gasteiger partial charge in [0.15, 0.2) is 5.78 Å². The molecule has 2 aromatic rings. The molecule has 108 valence electrons. The van der Waals surface area contributed by atoms with Crippen LogP contribution in [-0.2, 0) is 13.1 Å². The van der Waals surface area contributed by atoms with Gasteiger partial charge in [-0.2, -0.15) is 5.10 Å². The van der Waals surface area contributed by atoms with E-state index in [2.05, 4.69) is 9.67 Å². The second kappa shape index (κ2) is 6.27. The predicted octanol–water partition coefficient (Wildman–Crippen LogP) is 3.20. The molecule has 5 heteroatoms. The van der Waals surface area contributed by atoms with Crippen LogP contribution in [0.4, 0.5) is 0 Å². The molecule has 4 nitrogen and oxygen atoms in total. The molecule has 0 aliphatic heterocycles. The van der Waals surface area contributed by atoms with Gasteiger partial charge >= 0.3 is 0 Å². The van der Waals surface area contributed by atoms with Crippen molar-refractivity contribution in [3.63, 3.8) is 0 Å². The Morgan fingerprint density at radius 1 is 1.40 bits per heavy atom. The van der Waals surface area contributed by atoms with Crippen molar-refractivity contribution in [3.05, 3.63) is 41.5 Å². The summed E-state index contributed by atoms with van der Waals surface area (Å²) >= 11 is 5.90. The summed E-state index contributed by atoms with van der Waals surface area (Å²) in [6, 6.07) is 3.86. The van der Waals surface area contributed by atoms with Crippen LogP contribution in [0.1, 0.15) is 35.1 Å². The zero-order valence-electron chi connectivity index (χ0n) is 12.1. The van der Waals surface area contributed by atoms with E-state index in [4.69, 9.17) is 11.6 Å². The normalized spacial score (nSPS) is 12.6. The molecule has 0 saturated carbocycles. The largest absolute Gasteiger partial charge is 0.348 e. The van der Waals surface area contributed by atoms with Gasteiger partial charge in [-0.15, -0.1) is 11.6 Å². The molecule has 20 heavy (non-hydrogen) atoms. The van der Waals surface area contributed by atoms with E-state index in [1.54, 1.807) is 13.1 Å². The van der Waals surface area contributed by atoms with Crippen molar-refractivity contribution >= 4 is 17.4 Å². The van der Waals surface area contributed by atoms with Gasteiger partial charge in [-0.1, -0.05) is 0 Å². The quantitative estimate of drug-likeness (QED) is 0.606. The number of carbonyl (C=O) groups excluding carboxylic acids is 1. The highest BCUT2D eigenvalue weighted by Crippen LogP contribution is 2.19. The number of hydrogen-bond acceptors (Lipinski definition) is 2. The van der Waals surface area contributed by atoms with Gasteiger partial charge in [0.05, 0.1) is 5.38 Å². The lowest BCUT2D eigenvalue weighted by molar-refractivity contribution is 0.0991. The molecule has 0 aliphatic carbocycles. The first-order valence-electron chi connectivity index (χ1n) is 6.83. The fourth-order valence-corrected chi connectivity index (χ4v) is 2.55. The van der Waals surface area contributed by atoms with Crippen LogP contribution < -0.4 is 0 Å². The maximum Gasteiger partial charge on any atom is 0.182 e. The predicted molar refractivity (Wildman–Crippen MR) is 80.4 cm³/mol. The first kappa shape index (κ1) is 14.9. The number of Topliss-reactive ketones (excluding diaryl/α,β-unsaturated/α-hetero) is 1. The van der Waals surface area contributed by atoms with Crippen molar-refractivity contribution in [2.24, 2.45) is 0 Å². The van der Waals surface area contributed by atoms with Crippen LogP contribution >= 0.6 is 11.6 Å². The summed E-state index contributed by atoms with van der Waals surface area (Å²) < 4.78 is 4.09. The van der Waals surface area contributed by atoms with Crippen molar-refractivity contribution < 1.29 is 4.79 Å². The molecule has 1 unspecified atom stereocenters. The van der Waals surface area contributed by atoms with Crippen molar-refractivity contribution in [1.82, 2.24) is 14.3 Å². The average Bonchev–Trinajstić information content (AvgIpc) is 3.00. The van der Waals surface area contributed by atoms with E-state index in [0.717, 1.165) is 36.5 Å². The molecular formula is C15H20ClN3O. The number of nitrogens with zero attached hydrogens (tertiary/aromatic N) is 3. The molecule has 2 aromatic heterocycles. The fraction of sp³-hybridized carbons (Fsp3) is 0.467. The lowest BCUT2D eigenvalue weighted by Gasteiger charge is -2.10. The molecular weight excluding hydrogens is 274 g/mol. The molecule has 0 aliphatic rings. The lowest BCUT2D eigenvalue weighted by atomic mass is 10.1. The summed E-state index contributed by atoms with van der Waals surface area (Å²) in [6.45, 7) is 7.47. The van der Waals surface area contributed by atoms with E-state index < -0.39 is 5.38 Å². The number of hydrogen-bond donors (Lipinski definition) is 0. The minimum Gasteiger partial charge on any atom is -0.348 e. The van der Waals surface area contributed by atoms with Crippen LogP contribution in [-0.4, -0.2) is 25.5 Å². The van der Waals surface area contributed by atoms with Crippen LogP contribution in [0.5, 0.6) is 0 Å². The van der Waals surface area contributed by atoms with Crippen LogP contribution in [0.15, 0.2) is 24.5 Å². The first-order chi connectivity index (χ1) is 9.50. The van der Waals surface area contributed by atoms with Crippen LogP contribution in [0.2, 0.25) is 0 Å². The molecule has 0 radical (unpaired) electrons. The van der Waals surface area contributed by atoms with Gasteiger partial charge in [-0.05, 0) is 39.3 Å². The molecule has 0 aromatic carbocycles. The molecule has 2 rings (SSSR count). The highest BCUT2D eigenvalue weighted by Gasteiger charge is 2.19. The zero-order valence-corrected chi connectivity index (χ0v) is 12.9. The number of halogens is 1. The molecule has 1 atom stereocenters. The number of ketones is 1. The maximum absolute atomic E-state index is 12.0. The molecule has 2 heterocycles. The standard InChI is InChI=1S/C15H20ClN3O/c1-11-10-14(15(20)12(2)16)13(3)19(11)9-5-8-18-7-4-6-17-18/h4,6-7,10,12H,5,8-9H2,1-3H3. The maximum atomic E-state index is 12.0. The highest BCUT2D eigenvalue weighted by molar-refractivity contribution is 6.33. The summed E-state index contributed by atoms with van der Waals surface area (Å²) in [5.74, 6) is -0.00177. The van der Waals surface area contributed by atoms with Gasteiger partial charge < -0.3 is 4.57 Å². The average molecular weight is 294 g/mol. The Kier molecular flexibility index (Phi) is 4.65. The van der Waals surface area contributed by atoms with E-state index in [9.17, 15) is 4.79 Å². The van der Waals surface area contributed by atoms with Gasteiger partial charge in [0.2, 0.25) is 0 Å². The third kappa shape index (κ3) is 3.12. The summed E-state index contributed by atoms with van der Waals surface area (Å²) in [5, 5.41) is 3.71. The van der Waals surface area contributed by atoms with Gasteiger partial charge in [0.1, 0.15) is 0 Å². The fourth-order valence-electron chi connectivity index (χ4n) is 2.43. The van der Waals surface area contributed by atoms with E-state index in [1.165, 1.54) is 0 Å². The van der Waals surface area contributed by atoms with E-state index in [1.807, 2.05) is 36.9 Å². The highest BCUT2D eigenvalue weighted by atomic mass is 35.5. The SMILES string of the molecule is Cc1cc(C(=O)C(C)Cl)c(C)n1CCCn1cccn1. The van der Waals surface area contributed by atoms with Crippen LogP contribution in [0, 0.1) is 13.8 Å². The number of alkyl halides is 1. The second-order valence-electron chi connectivity index (χ2n) is 5.04. The van der Waals surface area contributed by atoms with Crippen molar-refractivity contribution in [2.75, 3.05) is 0 Å². The Hall–Kier alpha value is -1.55. The Bertz CT molecular complexity index is 585. The summed E-state index contributed by atoms with van der Waals surface area (Å²) in [6.07, 6.45) is 4.71. The van der Waals surface area contributed by atoms with Gasteiger partial charge in [0, 0.05) is 42.4 Å². The minimum atomic E-state index is -0.479. The van der Waals surface area contributed by atoms with Crippen molar-refractivity contribution in [3.8, 4) is 0 Å². The number of aryl methyl sites for hydroxylation is 2. The minimum absolute atomic E-state index is 0.00177. The molecule has 0 bridgehead atoms. The molecule has 0 amide bonds. The zero-order chi connectivity index (χ0) is 14.7. The van der Waals surface area contributed by atoms with Gasteiger partial charge in [-0.25, -0.2) is 0 Å². The Labute approximate surface area is 124 Å². The Balaban J connectivity index is 2.06. The van der Waals surface area contributed by atoms with Crippen LogP contribution in [0.3, 0.4) is 0 Å². The summed E-state index contributed by atoms with van der Waals surface area (Å²) in [5.41, 5.74) is 2.84. The van der Waals surface area contributed by atoms with Gasteiger partial charge in [-0.3, -0.25) is 9.48 Å². The van der Waals surface area contributed by atoms with E-state index in [0.29, 0.717) is 0 Å². The summed E-state index contributed by atoms with van der Waals surface area (Å²) in [7, 11) is 0. The van der Waals surface area contributed by atoms with Crippen molar-refractivity contribution in [2.45, 2.75) is 45.7 Å². The molecule has 0 saturated heterocycles. The number of rotatable bonds is 6. The molecule has 0 spiro atoms. The molecule has 0 fully saturated rings. The smallest absolute Gasteiger partial charge is 0.182 e. The van der Waals surface area contributed by atoms with Crippen molar-refractivity contribution in [1.29, 1.82) is 0 Å². The second-order valence-corrected chi connectivity index (χ2v) is 5.69. The summed E-state index contributed by atoms with van der Waals surface area (Å²) in [4.78, 5) is 12.0. The third-order valence-electron chi connectivity index (χ3n) is 3.53. The Morgan fingerprint density at radius 3 is 2.75 bits per heavy atom. The first-order valence-corrected chi connectivity index (χ1v) is 7.26. The Morgan fingerprint density at radius 2 is 2.15 bits per heavy atom. The lowest BCUT2D eigenvalue weighted by Crippen LogP contribution is -2.12. The molecule has 0 N–H and O–H groups in total. The third-order valence-corrected chi connectivity index (χ3v) is 3.73. The van der Waals surface area contributed by atoms with Crippen LogP contribution in [0.25, 0.3) is 0 Å². The topological polar surface area (TPSA) is 39.8 Å². The number of aromatic nitrogens is 3. The van der Waals surface area contributed by atoms with E-state index >= 15 is 0 Å². The van der Waals surface area contributed by atoms with Gasteiger partial charge in [0.25, 0.3) is 0 Å².